The Balaban J connectivity index is 2.37. The van der Waals surface area contributed by atoms with Crippen LogP contribution in [0.15, 0.2) is 12.2 Å². The molecule has 0 aromatic rings. The number of ether oxygens (including phenoxy) is 1. The molecule has 2 nitrogen and oxygen atoms in total. The highest BCUT2D eigenvalue weighted by molar-refractivity contribution is 5.00. The average Bonchev–Trinajstić information content (AvgIpc) is 2.97. The van der Waals surface area contributed by atoms with Gasteiger partial charge in [-0.1, -0.05) is 19.1 Å². The molecule has 2 N–H and O–H groups in total. The van der Waals surface area contributed by atoms with Gasteiger partial charge in [0, 0.05) is 12.6 Å². The lowest BCUT2D eigenvalue weighted by molar-refractivity contribution is 0.0287. The van der Waals surface area contributed by atoms with E-state index < -0.39 is 0 Å². The molecule has 0 heterocycles. The van der Waals surface area contributed by atoms with E-state index in [-0.39, 0.29) is 12.1 Å². The lowest BCUT2D eigenvalue weighted by Crippen LogP contribution is -2.38. The molecule has 0 spiro atoms. The van der Waals surface area contributed by atoms with Gasteiger partial charge >= 0.3 is 0 Å². The van der Waals surface area contributed by atoms with Crippen LogP contribution in [0.1, 0.15) is 39.5 Å². The van der Waals surface area contributed by atoms with Gasteiger partial charge in [0.25, 0.3) is 0 Å². The van der Waals surface area contributed by atoms with E-state index in [1.54, 1.807) is 0 Å². The third kappa shape index (κ3) is 3.43. The maximum Gasteiger partial charge on any atom is 0.0756 e. The third-order valence-corrected chi connectivity index (χ3v) is 2.89. The number of nitrogens with two attached hydrogens (primary N) is 1. The largest absolute Gasteiger partial charge is 0.377 e. The Morgan fingerprint density at radius 3 is 2.57 bits per heavy atom. The van der Waals surface area contributed by atoms with E-state index in [2.05, 4.69) is 13.5 Å². The van der Waals surface area contributed by atoms with Gasteiger partial charge in [-0.3, -0.25) is 0 Å². The van der Waals surface area contributed by atoms with Crippen LogP contribution in [0.4, 0.5) is 0 Å². The molecule has 1 rings (SSSR count). The zero-order chi connectivity index (χ0) is 10.6. The van der Waals surface area contributed by atoms with Crippen LogP contribution in [0.2, 0.25) is 0 Å². The second-order valence-corrected chi connectivity index (χ2v) is 4.23. The van der Waals surface area contributed by atoms with Crippen molar-refractivity contribution < 1.29 is 4.74 Å². The topological polar surface area (TPSA) is 35.2 Å². The summed E-state index contributed by atoms with van der Waals surface area (Å²) in [6.45, 7) is 8.94. The summed E-state index contributed by atoms with van der Waals surface area (Å²) in [6.07, 6.45) is 4.78. The van der Waals surface area contributed by atoms with Crippen molar-refractivity contribution in [2.45, 2.75) is 51.7 Å². The second-order valence-electron chi connectivity index (χ2n) is 4.23. The van der Waals surface area contributed by atoms with E-state index in [0.29, 0.717) is 0 Å². The van der Waals surface area contributed by atoms with Crippen molar-refractivity contribution >= 4 is 0 Å². The molecule has 2 unspecified atom stereocenters. The first-order valence-electron chi connectivity index (χ1n) is 5.72. The summed E-state index contributed by atoms with van der Waals surface area (Å²) in [7, 11) is 0. The van der Waals surface area contributed by atoms with Gasteiger partial charge in [-0.05, 0) is 38.5 Å². The lowest BCUT2D eigenvalue weighted by Gasteiger charge is -2.24. The average molecular weight is 197 g/mol. The highest BCUT2D eigenvalue weighted by Gasteiger charge is 2.35. The molecule has 2 heteroatoms. The molecule has 0 bridgehead atoms. The van der Waals surface area contributed by atoms with Crippen molar-refractivity contribution in [3.63, 3.8) is 0 Å². The number of hydrogen-bond acceptors (Lipinski definition) is 2. The first-order valence-corrected chi connectivity index (χ1v) is 5.72. The summed E-state index contributed by atoms with van der Waals surface area (Å²) >= 11 is 0. The molecule has 1 saturated carbocycles. The molecule has 0 aromatic heterocycles. The maximum atomic E-state index is 6.14. The summed E-state index contributed by atoms with van der Waals surface area (Å²) in [5.74, 6) is 0.717. The molecule has 0 saturated heterocycles. The predicted molar refractivity (Wildman–Crippen MR) is 60.2 cm³/mol. The van der Waals surface area contributed by atoms with Crippen molar-refractivity contribution in [3.05, 3.63) is 12.2 Å². The normalized spacial score (nSPS) is 20.5. The van der Waals surface area contributed by atoms with E-state index in [1.165, 1.54) is 18.4 Å². The fourth-order valence-electron chi connectivity index (χ4n) is 1.82. The van der Waals surface area contributed by atoms with E-state index in [1.807, 2.05) is 6.92 Å². The van der Waals surface area contributed by atoms with Gasteiger partial charge in [0.05, 0.1) is 6.10 Å². The molecule has 0 aromatic carbocycles. The Morgan fingerprint density at radius 2 is 2.14 bits per heavy atom. The monoisotopic (exact) mass is 197 g/mol. The van der Waals surface area contributed by atoms with Crippen LogP contribution in [-0.4, -0.2) is 18.8 Å². The van der Waals surface area contributed by atoms with Crippen LogP contribution in [0.3, 0.4) is 0 Å². The Bertz CT molecular complexity index is 187. The fraction of sp³-hybridized carbons (Fsp3) is 0.833. The minimum Gasteiger partial charge on any atom is -0.377 e. The van der Waals surface area contributed by atoms with Crippen LogP contribution in [-0.2, 0) is 4.74 Å². The second kappa shape index (κ2) is 5.52. The summed E-state index contributed by atoms with van der Waals surface area (Å²) in [5, 5.41) is 0. The zero-order valence-electron chi connectivity index (χ0n) is 9.46. The Hall–Kier alpha value is -0.340. The quantitative estimate of drug-likeness (QED) is 0.636. The molecule has 0 amide bonds. The van der Waals surface area contributed by atoms with Crippen LogP contribution >= 0.6 is 0 Å². The van der Waals surface area contributed by atoms with Gasteiger partial charge in [0.15, 0.2) is 0 Å². The fourth-order valence-corrected chi connectivity index (χ4v) is 1.82. The van der Waals surface area contributed by atoms with Crippen molar-refractivity contribution in [1.82, 2.24) is 0 Å². The SMILES string of the molecule is C=C(CC)CC(N)C(OCC)C1CC1. The van der Waals surface area contributed by atoms with Gasteiger partial charge in [0.1, 0.15) is 0 Å². The van der Waals surface area contributed by atoms with Gasteiger partial charge in [-0.2, -0.15) is 0 Å². The minimum atomic E-state index is 0.148. The van der Waals surface area contributed by atoms with Crippen molar-refractivity contribution in [3.8, 4) is 0 Å². The minimum absolute atomic E-state index is 0.148. The molecule has 0 radical (unpaired) electrons. The predicted octanol–water partition coefficient (Wildman–Crippen LogP) is 2.49. The molecule has 82 valence electrons. The van der Waals surface area contributed by atoms with Crippen molar-refractivity contribution in [1.29, 1.82) is 0 Å². The lowest BCUT2D eigenvalue weighted by atomic mass is 9.99. The summed E-state index contributed by atoms with van der Waals surface area (Å²) < 4.78 is 5.71. The molecule has 14 heavy (non-hydrogen) atoms. The van der Waals surface area contributed by atoms with Crippen molar-refractivity contribution in [2.24, 2.45) is 11.7 Å². The van der Waals surface area contributed by atoms with Crippen LogP contribution in [0.25, 0.3) is 0 Å². The maximum absolute atomic E-state index is 6.14. The molecular weight excluding hydrogens is 174 g/mol. The first kappa shape index (κ1) is 11.7. The van der Waals surface area contributed by atoms with Gasteiger partial charge in [-0.15, -0.1) is 0 Å². The van der Waals surface area contributed by atoms with E-state index >= 15 is 0 Å². The Labute approximate surface area is 87.5 Å². The van der Waals surface area contributed by atoms with Crippen molar-refractivity contribution in [2.75, 3.05) is 6.61 Å². The first-order chi connectivity index (χ1) is 6.69. The third-order valence-electron chi connectivity index (χ3n) is 2.89. The van der Waals surface area contributed by atoms with Crippen LogP contribution in [0, 0.1) is 5.92 Å². The summed E-state index contributed by atoms with van der Waals surface area (Å²) in [6, 6.07) is 0.148. The molecule has 1 aliphatic rings. The highest BCUT2D eigenvalue weighted by atomic mass is 16.5. The summed E-state index contributed by atoms with van der Waals surface area (Å²) in [5.41, 5.74) is 7.37. The Kier molecular flexibility index (Phi) is 4.63. The highest BCUT2D eigenvalue weighted by Crippen LogP contribution is 2.36. The molecule has 2 atom stereocenters. The zero-order valence-corrected chi connectivity index (χ0v) is 9.46. The van der Waals surface area contributed by atoms with E-state index in [9.17, 15) is 0 Å². The number of hydrogen-bond donors (Lipinski definition) is 1. The summed E-state index contributed by atoms with van der Waals surface area (Å²) in [4.78, 5) is 0. The van der Waals surface area contributed by atoms with Crippen LogP contribution in [0.5, 0.6) is 0 Å². The van der Waals surface area contributed by atoms with E-state index in [4.69, 9.17) is 10.5 Å². The smallest absolute Gasteiger partial charge is 0.0756 e. The molecule has 1 fully saturated rings. The number of rotatable bonds is 7. The van der Waals surface area contributed by atoms with Gasteiger partial charge < -0.3 is 10.5 Å². The standard InChI is InChI=1S/C12H23NO/c1-4-9(3)8-11(13)12(14-5-2)10-6-7-10/h10-12H,3-8,13H2,1-2H3. The van der Waals surface area contributed by atoms with E-state index in [0.717, 1.165) is 25.4 Å². The van der Waals surface area contributed by atoms with Gasteiger partial charge in [-0.25, -0.2) is 0 Å². The van der Waals surface area contributed by atoms with Gasteiger partial charge in [0.2, 0.25) is 0 Å². The molecular formula is C12H23NO. The molecule has 1 aliphatic carbocycles. The Morgan fingerprint density at radius 1 is 1.50 bits per heavy atom. The molecule has 0 aliphatic heterocycles. The van der Waals surface area contributed by atoms with Crippen LogP contribution < -0.4 is 5.73 Å².